The van der Waals surface area contributed by atoms with Crippen molar-refractivity contribution >= 4 is 46.1 Å². The predicted octanol–water partition coefficient (Wildman–Crippen LogP) is 4.03. The Labute approximate surface area is 227 Å². The van der Waals surface area contributed by atoms with Crippen molar-refractivity contribution in [3.63, 3.8) is 0 Å². The van der Waals surface area contributed by atoms with Crippen LogP contribution in [0.15, 0.2) is 72.8 Å². The van der Waals surface area contributed by atoms with Crippen LogP contribution in [0.1, 0.15) is 23.6 Å². The summed E-state index contributed by atoms with van der Waals surface area (Å²) in [6, 6.07) is 17.4. The second kappa shape index (κ2) is 12.2. The Hall–Kier alpha value is -3.51. The topological polar surface area (TPSA) is 108 Å². The zero-order chi connectivity index (χ0) is 26.4. The Morgan fingerprint density at radius 3 is 2.51 bits per heavy atom. The van der Waals surface area contributed by atoms with E-state index in [1.165, 1.54) is 12.1 Å². The van der Waals surface area contributed by atoms with Gasteiger partial charge in [0.1, 0.15) is 30.3 Å². The first-order valence-corrected chi connectivity index (χ1v) is 12.7. The van der Waals surface area contributed by atoms with E-state index in [4.69, 9.17) is 9.84 Å². The molecule has 0 aliphatic carbocycles. The summed E-state index contributed by atoms with van der Waals surface area (Å²) in [6.45, 7) is -0.00197. The number of nitrogens with one attached hydrogen (secondary N) is 2. The van der Waals surface area contributed by atoms with Gasteiger partial charge in [-0.05, 0) is 76.9 Å². The van der Waals surface area contributed by atoms with Crippen molar-refractivity contribution in [2.45, 2.75) is 24.9 Å². The number of nitrogens with zero attached hydrogens (tertiary/aromatic N) is 1. The van der Waals surface area contributed by atoms with Crippen LogP contribution in [0.3, 0.4) is 0 Å². The summed E-state index contributed by atoms with van der Waals surface area (Å²) in [5.41, 5.74) is 1.42. The Balaban J connectivity index is 1.57. The molecule has 1 fully saturated rings. The average Bonchev–Trinajstić information content (AvgIpc) is 3.19. The van der Waals surface area contributed by atoms with Crippen molar-refractivity contribution in [2.75, 3.05) is 18.5 Å². The lowest BCUT2D eigenvalue weighted by Gasteiger charge is -2.25. The normalized spacial score (nSPS) is 15.9. The van der Waals surface area contributed by atoms with E-state index in [9.17, 15) is 18.8 Å². The molecule has 3 aromatic carbocycles. The van der Waals surface area contributed by atoms with Crippen molar-refractivity contribution in [3.8, 4) is 5.75 Å². The molecule has 1 aliphatic heterocycles. The van der Waals surface area contributed by atoms with Gasteiger partial charge in [-0.1, -0.05) is 42.5 Å². The van der Waals surface area contributed by atoms with Crippen LogP contribution in [-0.4, -0.2) is 47.1 Å². The number of amides is 4. The van der Waals surface area contributed by atoms with Gasteiger partial charge in [-0.2, -0.15) is 0 Å². The molecular weight excluding hydrogens is 592 g/mol. The SMILES string of the molecule is O=C(Nc1ccc(I)cc1F)C(CCc1ccccc1)N1C(=O)NC(c2ccc(OCCO)cc2)C1=O. The number of aryl methyl sites for hydroxylation is 1. The van der Waals surface area contributed by atoms with Crippen LogP contribution < -0.4 is 15.4 Å². The minimum atomic E-state index is -1.16. The summed E-state index contributed by atoms with van der Waals surface area (Å²) in [7, 11) is 0. The van der Waals surface area contributed by atoms with Gasteiger partial charge < -0.3 is 20.5 Å². The van der Waals surface area contributed by atoms with E-state index in [0.29, 0.717) is 21.3 Å². The molecule has 8 nitrogen and oxygen atoms in total. The molecule has 1 heterocycles. The molecule has 0 spiro atoms. The fourth-order valence-corrected chi connectivity index (χ4v) is 4.52. The molecule has 3 aromatic rings. The molecule has 3 N–H and O–H groups in total. The lowest BCUT2D eigenvalue weighted by Crippen LogP contribution is -2.48. The van der Waals surface area contributed by atoms with Gasteiger partial charge in [-0.3, -0.25) is 9.59 Å². The molecule has 1 aliphatic rings. The van der Waals surface area contributed by atoms with E-state index < -0.39 is 35.7 Å². The molecule has 10 heteroatoms. The smallest absolute Gasteiger partial charge is 0.325 e. The highest BCUT2D eigenvalue weighted by Crippen LogP contribution is 2.28. The monoisotopic (exact) mass is 617 g/mol. The lowest BCUT2D eigenvalue weighted by atomic mass is 10.0. The maximum Gasteiger partial charge on any atom is 0.325 e. The highest BCUT2D eigenvalue weighted by molar-refractivity contribution is 14.1. The summed E-state index contributed by atoms with van der Waals surface area (Å²) in [6.07, 6.45) is 0.578. The van der Waals surface area contributed by atoms with E-state index in [-0.39, 0.29) is 25.3 Å². The first-order valence-electron chi connectivity index (χ1n) is 11.6. The number of hydrogen-bond donors (Lipinski definition) is 3. The molecule has 4 rings (SSSR count). The number of halogens is 2. The average molecular weight is 617 g/mol. The van der Waals surface area contributed by atoms with Gasteiger partial charge in [0.05, 0.1) is 12.3 Å². The Bertz CT molecular complexity index is 1270. The van der Waals surface area contributed by atoms with Gasteiger partial charge in [-0.15, -0.1) is 0 Å². The molecule has 192 valence electrons. The number of anilines is 1. The molecule has 0 aromatic heterocycles. The van der Waals surface area contributed by atoms with E-state index in [1.807, 2.05) is 52.9 Å². The number of rotatable bonds is 10. The van der Waals surface area contributed by atoms with Crippen LogP contribution in [0, 0.1) is 9.39 Å². The summed E-state index contributed by atoms with van der Waals surface area (Å²) < 4.78 is 20.5. The first kappa shape index (κ1) is 26.6. The second-order valence-electron chi connectivity index (χ2n) is 8.39. The maximum absolute atomic E-state index is 14.4. The molecular formula is C27H25FIN3O5. The highest BCUT2D eigenvalue weighted by atomic mass is 127. The number of carbonyl (C=O) groups excluding carboxylic acids is 3. The third-order valence-electron chi connectivity index (χ3n) is 5.90. The molecule has 2 atom stereocenters. The van der Waals surface area contributed by atoms with E-state index in [2.05, 4.69) is 10.6 Å². The number of carbonyl (C=O) groups is 3. The number of aliphatic hydroxyl groups excluding tert-OH is 1. The van der Waals surface area contributed by atoms with Gasteiger partial charge in [0.25, 0.3) is 5.91 Å². The van der Waals surface area contributed by atoms with Crippen molar-refractivity contribution in [3.05, 3.63) is 93.3 Å². The number of ether oxygens (including phenoxy) is 1. The zero-order valence-corrected chi connectivity index (χ0v) is 21.9. The van der Waals surface area contributed by atoms with Gasteiger partial charge >= 0.3 is 6.03 Å². The number of aliphatic hydroxyl groups is 1. The quantitative estimate of drug-likeness (QED) is 0.235. The van der Waals surface area contributed by atoms with Gasteiger partial charge in [0, 0.05) is 3.57 Å². The van der Waals surface area contributed by atoms with Gasteiger partial charge in [0.2, 0.25) is 5.91 Å². The fourth-order valence-electron chi connectivity index (χ4n) is 4.07. The van der Waals surface area contributed by atoms with Crippen LogP contribution in [0.2, 0.25) is 0 Å². The fraction of sp³-hybridized carbons (Fsp3) is 0.222. The third kappa shape index (κ3) is 6.44. The minimum Gasteiger partial charge on any atom is -0.491 e. The number of urea groups is 1. The van der Waals surface area contributed by atoms with Gasteiger partial charge in [-0.25, -0.2) is 14.1 Å². The van der Waals surface area contributed by atoms with Crippen molar-refractivity contribution in [1.29, 1.82) is 0 Å². The molecule has 0 saturated carbocycles. The Morgan fingerprint density at radius 1 is 1.11 bits per heavy atom. The molecule has 0 radical (unpaired) electrons. The minimum absolute atomic E-state index is 0.0304. The number of imide groups is 1. The number of benzene rings is 3. The second-order valence-corrected chi connectivity index (χ2v) is 9.63. The van der Waals surface area contributed by atoms with E-state index >= 15 is 0 Å². The highest BCUT2D eigenvalue weighted by Gasteiger charge is 2.45. The van der Waals surface area contributed by atoms with Crippen LogP contribution in [0.5, 0.6) is 5.75 Å². The van der Waals surface area contributed by atoms with Crippen LogP contribution in [0.4, 0.5) is 14.9 Å². The number of hydrogen-bond acceptors (Lipinski definition) is 5. The Kier molecular flexibility index (Phi) is 8.72. The predicted molar refractivity (Wildman–Crippen MR) is 143 cm³/mol. The molecule has 1 saturated heterocycles. The van der Waals surface area contributed by atoms with E-state index in [0.717, 1.165) is 10.5 Å². The lowest BCUT2D eigenvalue weighted by molar-refractivity contribution is -0.134. The van der Waals surface area contributed by atoms with Crippen molar-refractivity contribution in [1.82, 2.24) is 10.2 Å². The van der Waals surface area contributed by atoms with Crippen molar-refractivity contribution in [2.24, 2.45) is 0 Å². The van der Waals surface area contributed by atoms with Crippen molar-refractivity contribution < 1.29 is 28.6 Å². The van der Waals surface area contributed by atoms with Gasteiger partial charge in [0.15, 0.2) is 0 Å². The standard InChI is InChI=1S/C27H25FIN3O5/c28-21-16-19(29)9-12-22(21)30-25(34)23(13-6-17-4-2-1-3-5-17)32-26(35)24(31-27(32)36)18-7-10-20(11-8-18)37-15-14-33/h1-5,7-12,16,23-24,33H,6,13-15H2,(H,30,34)(H,31,36). The molecule has 4 amide bonds. The third-order valence-corrected chi connectivity index (χ3v) is 6.57. The summed E-state index contributed by atoms with van der Waals surface area (Å²) in [5.74, 6) is -1.34. The largest absolute Gasteiger partial charge is 0.491 e. The van der Waals surface area contributed by atoms with Crippen LogP contribution in [0.25, 0.3) is 0 Å². The maximum atomic E-state index is 14.4. The summed E-state index contributed by atoms with van der Waals surface area (Å²) in [5, 5.41) is 14.1. The van der Waals surface area contributed by atoms with Crippen LogP contribution in [-0.2, 0) is 16.0 Å². The van der Waals surface area contributed by atoms with E-state index in [1.54, 1.807) is 30.3 Å². The summed E-state index contributed by atoms with van der Waals surface area (Å²) >= 11 is 1.96. The first-order chi connectivity index (χ1) is 17.9. The molecule has 0 bridgehead atoms. The molecule has 37 heavy (non-hydrogen) atoms. The molecule has 2 unspecified atom stereocenters. The zero-order valence-electron chi connectivity index (χ0n) is 19.7. The van der Waals surface area contributed by atoms with Crippen LogP contribution >= 0.6 is 22.6 Å². The Morgan fingerprint density at radius 2 is 1.84 bits per heavy atom. The summed E-state index contributed by atoms with van der Waals surface area (Å²) in [4.78, 5) is 40.7.